The Balaban J connectivity index is 1.73. The van der Waals surface area contributed by atoms with Gasteiger partial charge in [0.2, 0.25) is 0 Å². The predicted octanol–water partition coefficient (Wildman–Crippen LogP) is 3.94. The van der Waals surface area contributed by atoms with Crippen LogP contribution in [-0.4, -0.2) is 30.9 Å². The van der Waals surface area contributed by atoms with E-state index in [2.05, 4.69) is 5.32 Å². The van der Waals surface area contributed by atoms with Gasteiger partial charge < -0.3 is 24.6 Å². The standard InChI is InChI=1S/C21H20F3NO4/c22-21(23,24)16-2-1-9-25-17(16)7-6-15-18(28-11-26)8-5-13-3-4-14-10-27-12-29-20(14)19(13)15/h1-5,8-9,17,25-26H,6-7,10-12H2. The third-order valence-corrected chi connectivity index (χ3v) is 5.10. The summed E-state index contributed by atoms with van der Waals surface area (Å²) in [6.45, 7) is -0.0338. The lowest BCUT2D eigenvalue weighted by molar-refractivity contribution is -0.0967. The molecule has 0 radical (unpaired) electrons. The van der Waals surface area contributed by atoms with E-state index in [0.29, 0.717) is 30.1 Å². The molecular formula is C21H20F3NO4. The Labute approximate surface area is 165 Å². The highest BCUT2D eigenvalue weighted by Crippen LogP contribution is 2.40. The Morgan fingerprint density at radius 3 is 2.83 bits per heavy atom. The van der Waals surface area contributed by atoms with Crippen molar-refractivity contribution in [1.82, 2.24) is 5.32 Å². The van der Waals surface area contributed by atoms with Crippen molar-refractivity contribution in [3.63, 3.8) is 0 Å². The van der Waals surface area contributed by atoms with Gasteiger partial charge in [0.25, 0.3) is 0 Å². The molecule has 0 aromatic heterocycles. The van der Waals surface area contributed by atoms with Crippen LogP contribution in [0.3, 0.4) is 0 Å². The van der Waals surface area contributed by atoms with Crippen LogP contribution < -0.4 is 14.8 Å². The first kappa shape index (κ1) is 19.6. The number of benzene rings is 2. The summed E-state index contributed by atoms with van der Waals surface area (Å²) < 4.78 is 56.5. The van der Waals surface area contributed by atoms with Gasteiger partial charge in [0, 0.05) is 16.5 Å². The number of ether oxygens (including phenoxy) is 3. The van der Waals surface area contributed by atoms with Gasteiger partial charge in [0.05, 0.1) is 18.2 Å². The van der Waals surface area contributed by atoms with Crippen molar-refractivity contribution in [2.24, 2.45) is 0 Å². The molecule has 0 fully saturated rings. The first-order valence-corrected chi connectivity index (χ1v) is 9.20. The zero-order valence-electron chi connectivity index (χ0n) is 15.5. The van der Waals surface area contributed by atoms with E-state index in [9.17, 15) is 18.3 Å². The van der Waals surface area contributed by atoms with Crippen LogP contribution in [0.2, 0.25) is 0 Å². The van der Waals surface area contributed by atoms with Crippen LogP contribution >= 0.6 is 0 Å². The molecule has 1 atom stereocenters. The average molecular weight is 407 g/mol. The van der Waals surface area contributed by atoms with Crippen molar-refractivity contribution < 1.29 is 32.5 Å². The average Bonchev–Trinajstić information content (AvgIpc) is 2.72. The molecule has 0 spiro atoms. The van der Waals surface area contributed by atoms with Gasteiger partial charge in [-0.3, -0.25) is 0 Å². The topological polar surface area (TPSA) is 60.0 Å². The molecule has 1 unspecified atom stereocenters. The second-order valence-electron chi connectivity index (χ2n) is 6.82. The van der Waals surface area contributed by atoms with Crippen LogP contribution in [0, 0.1) is 0 Å². The molecule has 5 nitrogen and oxygen atoms in total. The summed E-state index contributed by atoms with van der Waals surface area (Å²) in [7, 11) is 0. The number of rotatable bonds is 5. The molecule has 2 heterocycles. The highest BCUT2D eigenvalue weighted by atomic mass is 19.4. The largest absolute Gasteiger partial charge is 0.467 e. The lowest BCUT2D eigenvalue weighted by Gasteiger charge is -2.26. The molecular weight excluding hydrogens is 387 g/mol. The zero-order valence-corrected chi connectivity index (χ0v) is 15.5. The molecule has 0 amide bonds. The molecule has 4 rings (SSSR count). The molecule has 154 valence electrons. The number of fused-ring (bicyclic) bond motifs is 3. The summed E-state index contributed by atoms with van der Waals surface area (Å²) in [5, 5.41) is 13.7. The maximum Gasteiger partial charge on any atom is 0.414 e. The first-order valence-electron chi connectivity index (χ1n) is 9.20. The minimum Gasteiger partial charge on any atom is -0.467 e. The van der Waals surface area contributed by atoms with Gasteiger partial charge in [-0.05, 0) is 36.6 Å². The van der Waals surface area contributed by atoms with Crippen molar-refractivity contribution in [1.29, 1.82) is 0 Å². The maximum absolute atomic E-state index is 13.4. The fourth-order valence-corrected chi connectivity index (χ4v) is 3.81. The normalized spacial score (nSPS) is 18.6. The number of dihydropyridines is 1. The van der Waals surface area contributed by atoms with Gasteiger partial charge >= 0.3 is 6.18 Å². The number of halogens is 3. The highest BCUT2D eigenvalue weighted by molar-refractivity contribution is 5.94. The van der Waals surface area contributed by atoms with Gasteiger partial charge in [-0.15, -0.1) is 0 Å². The molecule has 29 heavy (non-hydrogen) atoms. The Morgan fingerprint density at radius 2 is 2.03 bits per heavy atom. The second kappa shape index (κ2) is 7.96. The molecule has 2 aliphatic rings. The summed E-state index contributed by atoms with van der Waals surface area (Å²) in [5.41, 5.74) is 0.950. The summed E-state index contributed by atoms with van der Waals surface area (Å²) in [5.74, 6) is 1.07. The molecule has 0 aliphatic carbocycles. The zero-order chi connectivity index (χ0) is 20.4. The quantitative estimate of drug-likeness (QED) is 0.736. The number of hydrogen-bond donors (Lipinski definition) is 2. The van der Waals surface area contributed by atoms with E-state index in [1.54, 1.807) is 6.07 Å². The number of hydrogen-bond acceptors (Lipinski definition) is 5. The minimum absolute atomic E-state index is 0.104. The van der Waals surface area contributed by atoms with Gasteiger partial charge in [-0.25, -0.2) is 0 Å². The van der Waals surface area contributed by atoms with Crippen LogP contribution in [0.1, 0.15) is 17.5 Å². The Hall–Kier alpha value is -2.71. The predicted molar refractivity (Wildman–Crippen MR) is 100 cm³/mol. The van der Waals surface area contributed by atoms with E-state index in [4.69, 9.17) is 14.2 Å². The van der Waals surface area contributed by atoms with Gasteiger partial charge in [0.1, 0.15) is 11.5 Å². The van der Waals surface area contributed by atoms with Crippen molar-refractivity contribution in [2.75, 3.05) is 13.6 Å². The third kappa shape index (κ3) is 3.90. The summed E-state index contributed by atoms with van der Waals surface area (Å²) >= 11 is 0. The fourth-order valence-electron chi connectivity index (χ4n) is 3.81. The smallest absolute Gasteiger partial charge is 0.414 e. The van der Waals surface area contributed by atoms with Gasteiger partial charge in [-0.1, -0.05) is 24.3 Å². The van der Waals surface area contributed by atoms with Crippen LogP contribution in [0.4, 0.5) is 13.2 Å². The monoisotopic (exact) mass is 407 g/mol. The Morgan fingerprint density at radius 1 is 1.21 bits per heavy atom. The first-order chi connectivity index (χ1) is 14.0. The summed E-state index contributed by atoms with van der Waals surface area (Å²) in [6, 6.07) is 6.51. The molecule has 2 aromatic carbocycles. The summed E-state index contributed by atoms with van der Waals surface area (Å²) in [4.78, 5) is 0. The number of aryl methyl sites for hydroxylation is 1. The SMILES string of the molecule is OCOc1ccc2ccc3c(c2c1CCC1NC=CC=C1C(F)(F)F)OCOC3. The van der Waals surface area contributed by atoms with Crippen molar-refractivity contribution in [2.45, 2.75) is 31.7 Å². The van der Waals surface area contributed by atoms with Crippen LogP contribution in [0.25, 0.3) is 10.8 Å². The second-order valence-corrected chi connectivity index (χ2v) is 6.82. The van der Waals surface area contributed by atoms with Crippen molar-refractivity contribution in [3.05, 3.63) is 59.3 Å². The van der Waals surface area contributed by atoms with E-state index in [1.807, 2.05) is 18.2 Å². The molecule has 0 saturated carbocycles. The van der Waals surface area contributed by atoms with E-state index in [-0.39, 0.29) is 13.2 Å². The van der Waals surface area contributed by atoms with Gasteiger partial charge in [0.15, 0.2) is 13.6 Å². The minimum atomic E-state index is -4.41. The van der Waals surface area contributed by atoms with E-state index in [1.165, 1.54) is 12.3 Å². The Bertz CT molecular complexity index is 969. The molecule has 0 saturated heterocycles. The number of aliphatic hydroxyl groups is 1. The number of aliphatic hydroxyl groups excluding tert-OH is 1. The number of allylic oxidation sites excluding steroid dienone is 2. The van der Waals surface area contributed by atoms with Crippen LogP contribution in [-0.2, 0) is 17.8 Å². The Kier molecular flexibility index (Phi) is 5.38. The van der Waals surface area contributed by atoms with Crippen LogP contribution in [0.15, 0.2) is 48.2 Å². The fraction of sp³-hybridized carbons (Fsp3) is 0.333. The lowest BCUT2D eigenvalue weighted by Crippen LogP contribution is -2.35. The maximum atomic E-state index is 13.4. The molecule has 2 aromatic rings. The summed E-state index contributed by atoms with van der Waals surface area (Å²) in [6.07, 6.45) is 0.0319. The lowest BCUT2D eigenvalue weighted by atomic mass is 9.92. The number of alkyl halides is 3. The molecule has 2 N–H and O–H groups in total. The van der Waals surface area contributed by atoms with Crippen LogP contribution in [0.5, 0.6) is 11.5 Å². The molecule has 8 heteroatoms. The third-order valence-electron chi connectivity index (χ3n) is 5.10. The number of nitrogens with one attached hydrogen (secondary N) is 1. The molecule has 0 bridgehead atoms. The van der Waals surface area contributed by atoms with Crippen molar-refractivity contribution in [3.8, 4) is 11.5 Å². The molecule has 2 aliphatic heterocycles. The highest BCUT2D eigenvalue weighted by Gasteiger charge is 2.38. The van der Waals surface area contributed by atoms with Crippen molar-refractivity contribution >= 4 is 10.8 Å². The van der Waals surface area contributed by atoms with E-state index >= 15 is 0 Å². The van der Waals surface area contributed by atoms with E-state index in [0.717, 1.165) is 22.4 Å². The van der Waals surface area contributed by atoms with Gasteiger partial charge in [-0.2, -0.15) is 13.2 Å². The van der Waals surface area contributed by atoms with E-state index < -0.39 is 24.6 Å².